The topological polar surface area (TPSA) is 59.1 Å². The van der Waals surface area contributed by atoms with Crippen LogP contribution in [-0.2, 0) is 11.0 Å². The van der Waals surface area contributed by atoms with Crippen molar-refractivity contribution in [3.8, 4) is 0 Å². The van der Waals surface area contributed by atoms with E-state index in [1.807, 2.05) is 0 Å². The van der Waals surface area contributed by atoms with Gasteiger partial charge in [-0.05, 0) is 25.0 Å². The lowest BCUT2D eigenvalue weighted by atomic mass is 10.0. The van der Waals surface area contributed by atoms with Gasteiger partial charge in [-0.2, -0.15) is 13.2 Å². The zero-order valence-electron chi connectivity index (χ0n) is 10.3. The molecule has 20 heavy (non-hydrogen) atoms. The summed E-state index contributed by atoms with van der Waals surface area (Å²) in [7, 11) is 0. The second-order valence-corrected chi connectivity index (χ2v) is 4.37. The van der Waals surface area contributed by atoms with E-state index >= 15 is 0 Å². The van der Waals surface area contributed by atoms with Gasteiger partial charge in [0.05, 0.1) is 0 Å². The number of alkyl halides is 3. The Kier molecular flexibility index (Phi) is 3.87. The fraction of sp³-hybridized carbons (Fsp3) is 0.308. The fourth-order valence-electron chi connectivity index (χ4n) is 1.84. The molecule has 0 unspecified atom stereocenters. The predicted octanol–water partition coefficient (Wildman–Crippen LogP) is 2.47. The molecular formula is C13H11F3N2O2. The first-order valence-electron chi connectivity index (χ1n) is 5.94. The van der Waals surface area contributed by atoms with Gasteiger partial charge in [-0.15, -0.1) is 0 Å². The SMILES string of the molecule is O=C1C=C(NC(=O)c2ccnc(C(F)(F)F)c2)CCC1. The molecule has 1 amide bonds. The highest BCUT2D eigenvalue weighted by Gasteiger charge is 2.33. The maximum Gasteiger partial charge on any atom is 0.433 e. The molecule has 0 fully saturated rings. The zero-order valence-corrected chi connectivity index (χ0v) is 10.3. The third-order valence-corrected chi connectivity index (χ3v) is 2.79. The number of ketones is 1. The lowest BCUT2D eigenvalue weighted by molar-refractivity contribution is -0.141. The average Bonchev–Trinajstić information content (AvgIpc) is 2.38. The van der Waals surface area contributed by atoms with E-state index in [-0.39, 0.29) is 11.3 Å². The standard InChI is InChI=1S/C13H11F3N2O2/c14-13(15,16)11-6-8(4-5-17-11)12(20)18-9-2-1-3-10(19)7-9/h4-7H,1-3H2,(H,18,20). The number of pyridine rings is 1. The van der Waals surface area contributed by atoms with Gasteiger partial charge in [0.2, 0.25) is 0 Å². The van der Waals surface area contributed by atoms with Gasteiger partial charge in [-0.1, -0.05) is 0 Å². The number of nitrogens with zero attached hydrogens (tertiary/aromatic N) is 1. The summed E-state index contributed by atoms with van der Waals surface area (Å²) >= 11 is 0. The van der Waals surface area contributed by atoms with E-state index in [0.717, 1.165) is 6.20 Å². The zero-order chi connectivity index (χ0) is 14.8. The highest BCUT2D eigenvalue weighted by atomic mass is 19.4. The van der Waals surface area contributed by atoms with Crippen LogP contribution in [0.4, 0.5) is 13.2 Å². The summed E-state index contributed by atoms with van der Waals surface area (Å²) in [6, 6.07) is 1.87. The molecule has 1 aromatic heterocycles. The van der Waals surface area contributed by atoms with Crippen LogP contribution in [0.15, 0.2) is 30.1 Å². The minimum atomic E-state index is -4.60. The van der Waals surface area contributed by atoms with Crippen molar-refractivity contribution in [1.82, 2.24) is 10.3 Å². The van der Waals surface area contributed by atoms with Crippen LogP contribution in [0.2, 0.25) is 0 Å². The molecular weight excluding hydrogens is 273 g/mol. The number of hydrogen-bond donors (Lipinski definition) is 1. The average molecular weight is 284 g/mol. The van der Waals surface area contributed by atoms with Crippen molar-refractivity contribution in [3.63, 3.8) is 0 Å². The van der Waals surface area contributed by atoms with Gasteiger partial charge < -0.3 is 5.32 Å². The van der Waals surface area contributed by atoms with Crippen molar-refractivity contribution in [3.05, 3.63) is 41.4 Å². The van der Waals surface area contributed by atoms with Crippen LogP contribution in [0.3, 0.4) is 0 Å². The summed E-state index contributed by atoms with van der Waals surface area (Å²) in [5.41, 5.74) is -0.846. The van der Waals surface area contributed by atoms with Gasteiger partial charge >= 0.3 is 6.18 Å². The van der Waals surface area contributed by atoms with E-state index in [4.69, 9.17) is 0 Å². The number of hydrogen-bond acceptors (Lipinski definition) is 3. The van der Waals surface area contributed by atoms with Gasteiger partial charge in [0, 0.05) is 30.0 Å². The van der Waals surface area contributed by atoms with Crippen LogP contribution in [-0.4, -0.2) is 16.7 Å². The van der Waals surface area contributed by atoms with Crippen LogP contribution >= 0.6 is 0 Å². The molecule has 0 aromatic carbocycles. The van der Waals surface area contributed by atoms with E-state index in [0.29, 0.717) is 31.0 Å². The van der Waals surface area contributed by atoms with Crippen LogP contribution in [0, 0.1) is 0 Å². The molecule has 1 aliphatic carbocycles. The van der Waals surface area contributed by atoms with E-state index in [9.17, 15) is 22.8 Å². The molecule has 0 saturated heterocycles. The Labute approximate surface area is 112 Å². The van der Waals surface area contributed by atoms with Gasteiger partial charge in [-0.3, -0.25) is 14.6 Å². The maximum atomic E-state index is 12.5. The monoisotopic (exact) mass is 284 g/mol. The minimum absolute atomic E-state index is 0.0998. The molecule has 106 valence electrons. The molecule has 0 spiro atoms. The van der Waals surface area contributed by atoms with Crippen molar-refractivity contribution in [2.45, 2.75) is 25.4 Å². The number of halogens is 3. The Hall–Kier alpha value is -2.18. The number of carbonyl (C=O) groups is 2. The Balaban J connectivity index is 2.16. The van der Waals surface area contributed by atoms with E-state index in [1.54, 1.807) is 0 Å². The normalized spacial score (nSPS) is 15.8. The first-order valence-corrected chi connectivity index (χ1v) is 5.94. The quantitative estimate of drug-likeness (QED) is 0.907. The number of nitrogens with one attached hydrogen (secondary N) is 1. The van der Waals surface area contributed by atoms with Crippen LogP contribution in [0.25, 0.3) is 0 Å². The number of carbonyl (C=O) groups excluding carboxylic acids is 2. The maximum absolute atomic E-state index is 12.5. The summed E-state index contributed by atoms with van der Waals surface area (Å²) in [6.07, 6.45) is -0.793. The highest BCUT2D eigenvalue weighted by molar-refractivity contribution is 5.97. The largest absolute Gasteiger partial charge is 0.433 e. The molecule has 0 bridgehead atoms. The molecule has 1 aromatic rings. The second kappa shape index (κ2) is 5.44. The summed E-state index contributed by atoms with van der Waals surface area (Å²) in [4.78, 5) is 26.2. The van der Waals surface area contributed by atoms with Gasteiger partial charge in [-0.25, -0.2) is 0 Å². The van der Waals surface area contributed by atoms with Gasteiger partial charge in [0.15, 0.2) is 5.78 Å². The van der Waals surface area contributed by atoms with E-state index in [2.05, 4.69) is 10.3 Å². The number of rotatable bonds is 2. The van der Waals surface area contributed by atoms with Crippen LogP contribution in [0.1, 0.15) is 35.3 Å². The molecule has 1 N–H and O–H groups in total. The molecule has 1 aliphatic rings. The lowest BCUT2D eigenvalue weighted by Crippen LogP contribution is -2.25. The molecule has 0 saturated carbocycles. The Bertz CT molecular complexity index is 579. The van der Waals surface area contributed by atoms with Crippen molar-refractivity contribution in [1.29, 1.82) is 0 Å². The third-order valence-electron chi connectivity index (χ3n) is 2.79. The first-order chi connectivity index (χ1) is 9.36. The van der Waals surface area contributed by atoms with Gasteiger partial charge in [0.25, 0.3) is 5.91 Å². The van der Waals surface area contributed by atoms with Crippen molar-refractivity contribution in [2.24, 2.45) is 0 Å². The molecule has 4 nitrogen and oxygen atoms in total. The number of allylic oxidation sites excluding steroid dienone is 2. The lowest BCUT2D eigenvalue weighted by Gasteiger charge is -2.13. The Morgan fingerprint density at radius 3 is 2.70 bits per heavy atom. The summed E-state index contributed by atoms with van der Waals surface area (Å²) in [5.74, 6) is -0.781. The molecule has 0 radical (unpaired) electrons. The first kappa shape index (κ1) is 14.2. The fourth-order valence-corrected chi connectivity index (χ4v) is 1.84. The van der Waals surface area contributed by atoms with Crippen LogP contribution in [0.5, 0.6) is 0 Å². The highest BCUT2D eigenvalue weighted by Crippen LogP contribution is 2.27. The summed E-state index contributed by atoms with van der Waals surface area (Å²) in [5, 5.41) is 2.45. The second-order valence-electron chi connectivity index (χ2n) is 4.37. The van der Waals surface area contributed by atoms with Crippen molar-refractivity contribution < 1.29 is 22.8 Å². The molecule has 2 rings (SSSR count). The van der Waals surface area contributed by atoms with Crippen molar-refractivity contribution >= 4 is 11.7 Å². The van der Waals surface area contributed by atoms with E-state index < -0.39 is 17.8 Å². The number of aromatic nitrogens is 1. The number of amides is 1. The Morgan fingerprint density at radius 2 is 2.05 bits per heavy atom. The van der Waals surface area contributed by atoms with Gasteiger partial charge in [0.1, 0.15) is 5.69 Å². The van der Waals surface area contributed by atoms with Crippen molar-refractivity contribution in [2.75, 3.05) is 0 Å². The smallest absolute Gasteiger partial charge is 0.326 e. The third kappa shape index (κ3) is 3.43. The molecule has 0 aliphatic heterocycles. The molecule has 0 atom stereocenters. The minimum Gasteiger partial charge on any atom is -0.326 e. The molecule has 7 heteroatoms. The van der Waals surface area contributed by atoms with Crippen LogP contribution < -0.4 is 5.32 Å². The Morgan fingerprint density at radius 1 is 1.30 bits per heavy atom. The summed E-state index contributed by atoms with van der Waals surface area (Å²) in [6.45, 7) is 0. The predicted molar refractivity (Wildman–Crippen MR) is 63.6 cm³/mol. The molecule has 1 heterocycles. The van der Waals surface area contributed by atoms with E-state index in [1.165, 1.54) is 12.1 Å². The summed E-state index contributed by atoms with van der Waals surface area (Å²) < 4.78 is 37.5.